The Kier molecular flexibility index (Phi) is 7.40. The molecule has 8 nitrogen and oxygen atoms in total. The third-order valence-corrected chi connectivity index (χ3v) is 5.24. The largest absolute Gasteiger partial charge is 0.497 e. The predicted octanol–water partition coefficient (Wildman–Crippen LogP) is 2.90. The number of rotatable bonds is 10. The molecule has 2 aromatic rings. The van der Waals surface area contributed by atoms with Gasteiger partial charge in [-0.05, 0) is 53.5 Å². The summed E-state index contributed by atoms with van der Waals surface area (Å²) in [6.07, 6.45) is 9.33. The van der Waals surface area contributed by atoms with E-state index in [1.807, 2.05) is 37.3 Å². The zero-order valence-electron chi connectivity index (χ0n) is 18.6. The van der Waals surface area contributed by atoms with Crippen molar-refractivity contribution in [2.24, 2.45) is 0 Å². The number of benzene rings is 1. The SMILES string of the molecule is C=C(/C=C(\C=C/C)OC)CN(C=O)CC1(c2ccc(-c3ccncc3)cc2)NC(=O)NC1=O. The van der Waals surface area contributed by atoms with Crippen LogP contribution in [0.5, 0.6) is 0 Å². The highest BCUT2D eigenvalue weighted by molar-refractivity contribution is 6.07. The number of hydrogen-bond donors (Lipinski definition) is 2. The van der Waals surface area contributed by atoms with E-state index in [2.05, 4.69) is 22.2 Å². The fourth-order valence-corrected chi connectivity index (χ4v) is 3.67. The number of methoxy groups -OCH3 is 1. The van der Waals surface area contributed by atoms with Crippen molar-refractivity contribution in [3.05, 3.63) is 90.5 Å². The Bertz CT molecular complexity index is 1090. The fraction of sp³-hybridized carbons (Fsp3) is 0.200. The van der Waals surface area contributed by atoms with Crippen LogP contribution in [-0.2, 0) is 19.9 Å². The van der Waals surface area contributed by atoms with Crippen LogP contribution in [0.4, 0.5) is 4.79 Å². The van der Waals surface area contributed by atoms with Crippen LogP contribution in [-0.4, -0.2) is 48.4 Å². The van der Waals surface area contributed by atoms with Crippen molar-refractivity contribution in [3.8, 4) is 11.1 Å². The van der Waals surface area contributed by atoms with Gasteiger partial charge in [-0.15, -0.1) is 0 Å². The monoisotopic (exact) mass is 446 g/mol. The van der Waals surface area contributed by atoms with Crippen molar-refractivity contribution >= 4 is 18.3 Å². The molecule has 0 spiro atoms. The van der Waals surface area contributed by atoms with E-state index < -0.39 is 17.5 Å². The molecule has 8 heteroatoms. The van der Waals surface area contributed by atoms with Gasteiger partial charge in [-0.25, -0.2) is 4.79 Å². The summed E-state index contributed by atoms with van der Waals surface area (Å²) in [7, 11) is 1.54. The number of carbonyl (C=O) groups excluding carboxylic acids is 3. The second-order valence-electron chi connectivity index (χ2n) is 7.55. The molecule has 1 aromatic carbocycles. The highest BCUT2D eigenvalue weighted by Crippen LogP contribution is 2.29. The molecule has 1 aliphatic heterocycles. The first kappa shape index (κ1) is 23.5. The van der Waals surface area contributed by atoms with Crippen molar-refractivity contribution in [2.45, 2.75) is 12.5 Å². The zero-order chi connectivity index (χ0) is 23.8. The maximum atomic E-state index is 12.9. The first-order valence-electron chi connectivity index (χ1n) is 10.3. The second-order valence-corrected chi connectivity index (χ2v) is 7.55. The van der Waals surface area contributed by atoms with Gasteiger partial charge in [0.15, 0.2) is 5.54 Å². The molecule has 0 aliphatic carbocycles. The molecule has 4 amide bonds. The lowest BCUT2D eigenvalue weighted by Crippen LogP contribution is -2.52. The Morgan fingerprint density at radius 2 is 1.82 bits per heavy atom. The molecule has 3 rings (SSSR count). The molecule has 0 radical (unpaired) electrons. The Morgan fingerprint density at radius 3 is 2.36 bits per heavy atom. The van der Waals surface area contributed by atoms with Crippen molar-refractivity contribution in [3.63, 3.8) is 0 Å². The van der Waals surface area contributed by atoms with Crippen LogP contribution in [0, 0.1) is 0 Å². The van der Waals surface area contributed by atoms with Crippen molar-refractivity contribution in [1.29, 1.82) is 0 Å². The lowest BCUT2D eigenvalue weighted by molar-refractivity contribution is -0.126. The molecule has 0 bridgehead atoms. The molecule has 2 N–H and O–H groups in total. The van der Waals surface area contributed by atoms with E-state index in [1.54, 1.807) is 43.8 Å². The van der Waals surface area contributed by atoms with Crippen LogP contribution in [0.1, 0.15) is 12.5 Å². The first-order valence-corrected chi connectivity index (χ1v) is 10.3. The minimum absolute atomic E-state index is 0.0680. The van der Waals surface area contributed by atoms with E-state index in [9.17, 15) is 14.4 Å². The molecule has 1 unspecified atom stereocenters. The molecule has 1 fully saturated rings. The number of hydrogen-bond acceptors (Lipinski definition) is 5. The summed E-state index contributed by atoms with van der Waals surface area (Å²) in [5.74, 6) is 0.0605. The van der Waals surface area contributed by atoms with Gasteiger partial charge in [0.1, 0.15) is 5.76 Å². The van der Waals surface area contributed by atoms with E-state index in [-0.39, 0.29) is 13.1 Å². The summed E-state index contributed by atoms with van der Waals surface area (Å²) < 4.78 is 5.26. The summed E-state index contributed by atoms with van der Waals surface area (Å²) in [5, 5.41) is 5.00. The summed E-state index contributed by atoms with van der Waals surface area (Å²) >= 11 is 0. The van der Waals surface area contributed by atoms with E-state index in [0.29, 0.717) is 23.3 Å². The average Bonchev–Trinajstić information content (AvgIpc) is 3.12. The van der Waals surface area contributed by atoms with Crippen molar-refractivity contribution in [2.75, 3.05) is 20.2 Å². The third kappa shape index (κ3) is 5.35. The topological polar surface area (TPSA) is 101 Å². The minimum Gasteiger partial charge on any atom is -0.497 e. The molecule has 1 aliphatic rings. The standard InChI is InChI=1S/C25H26N4O4/c1-4-5-22(33-3)14-18(2)15-29(17-30)16-25(23(31)27-24(32)28-25)21-8-6-19(7-9-21)20-10-12-26-13-11-20/h4-14,17H,2,15-16H2,1,3H3,(H2,27,28,31,32)/b5-4-,22-14+. The number of ether oxygens (including phenoxy) is 1. The van der Waals surface area contributed by atoms with Crippen LogP contribution in [0.15, 0.2) is 84.9 Å². The number of amides is 4. The van der Waals surface area contributed by atoms with Gasteiger partial charge in [-0.2, -0.15) is 0 Å². The highest BCUT2D eigenvalue weighted by Gasteiger charge is 2.48. The maximum Gasteiger partial charge on any atom is 0.322 e. The van der Waals surface area contributed by atoms with Crippen LogP contribution in [0.3, 0.4) is 0 Å². The summed E-state index contributed by atoms with van der Waals surface area (Å²) in [4.78, 5) is 42.3. The Morgan fingerprint density at radius 1 is 1.15 bits per heavy atom. The number of nitrogens with zero attached hydrogens (tertiary/aromatic N) is 2. The smallest absolute Gasteiger partial charge is 0.322 e. The van der Waals surface area contributed by atoms with E-state index in [4.69, 9.17) is 4.74 Å². The number of nitrogens with one attached hydrogen (secondary N) is 2. The summed E-state index contributed by atoms with van der Waals surface area (Å²) in [6, 6.07) is 10.4. The Hall–Kier alpha value is -4.20. The third-order valence-electron chi connectivity index (χ3n) is 5.24. The van der Waals surface area contributed by atoms with Gasteiger partial charge in [-0.3, -0.25) is 19.9 Å². The molecule has 1 saturated heterocycles. The first-order chi connectivity index (χ1) is 15.9. The minimum atomic E-state index is -1.42. The second kappa shape index (κ2) is 10.4. The Labute approximate surface area is 192 Å². The van der Waals surface area contributed by atoms with Crippen molar-refractivity contribution < 1.29 is 19.1 Å². The molecular weight excluding hydrogens is 420 g/mol. The normalized spacial score (nSPS) is 18.1. The van der Waals surface area contributed by atoms with Crippen LogP contribution in [0.2, 0.25) is 0 Å². The number of imide groups is 1. The molecule has 33 heavy (non-hydrogen) atoms. The lowest BCUT2D eigenvalue weighted by atomic mass is 9.88. The fourth-order valence-electron chi connectivity index (χ4n) is 3.67. The molecular formula is C25H26N4O4. The van der Waals surface area contributed by atoms with E-state index in [0.717, 1.165) is 11.1 Å². The van der Waals surface area contributed by atoms with Crippen LogP contribution >= 0.6 is 0 Å². The zero-order valence-corrected chi connectivity index (χ0v) is 18.6. The molecule has 170 valence electrons. The summed E-state index contributed by atoms with van der Waals surface area (Å²) in [6.45, 7) is 5.92. The number of aromatic nitrogens is 1. The van der Waals surface area contributed by atoms with Gasteiger partial charge in [0, 0.05) is 18.9 Å². The van der Waals surface area contributed by atoms with Gasteiger partial charge in [0.25, 0.3) is 5.91 Å². The summed E-state index contributed by atoms with van der Waals surface area (Å²) in [5.41, 5.74) is 1.64. The Balaban J connectivity index is 1.88. The van der Waals surface area contributed by atoms with Gasteiger partial charge in [0.05, 0.1) is 13.7 Å². The average molecular weight is 447 g/mol. The molecule has 1 atom stereocenters. The van der Waals surface area contributed by atoms with E-state index >= 15 is 0 Å². The number of allylic oxidation sites excluding steroid dienone is 2. The molecule has 2 heterocycles. The highest BCUT2D eigenvalue weighted by atomic mass is 16.5. The van der Waals surface area contributed by atoms with Gasteiger partial charge in [-0.1, -0.05) is 36.9 Å². The van der Waals surface area contributed by atoms with Crippen LogP contribution in [0.25, 0.3) is 11.1 Å². The van der Waals surface area contributed by atoms with Gasteiger partial charge >= 0.3 is 6.03 Å². The quantitative estimate of drug-likeness (QED) is 0.253. The van der Waals surface area contributed by atoms with Gasteiger partial charge < -0.3 is 15.0 Å². The predicted molar refractivity (Wildman–Crippen MR) is 125 cm³/mol. The number of urea groups is 1. The lowest BCUT2D eigenvalue weighted by Gasteiger charge is -2.31. The van der Waals surface area contributed by atoms with Gasteiger partial charge in [0.2, 0.25) is 6.41 Å². The van der Waals surface area contributed by atoms with Crippen LogP contribution < -0.4 is 10.6 Å². The number of carbonyl (C=O) groups is 3. The maximum absolute atomic E-state index is 12.9. The van der Waals surface area contributed by atoms with E-state index in [1.165, 1.54) is 4.90 Å². The molecule has 0 saturated carbocycles. The number of pyridine rings is 1. The molecule has 1 aromatic heterocycles. The van der Waals surface area contributed by atoms with Crippen molar-refractivity contribution in [1.82, 2.24) is 20.5 Å².